The van der Waals surface area contributed by atoms with E-state index in [1.165, 1.54) is 6.07 Å². The second-order valence-electron chi connectivity index (χ2n) is 4.81. The molecule has 0 aliphatic rings. The molecule has 0 saturated carbocycles. The molecule has 0 aliphatic heterocycles. The number of Topliss-reactive ketones (excluding diaryl/α,β-unsaturated/α-hetero) is 1. The summed E-state index contributed by atoms with van der Waals surface area (Å²) in [6.45, 7) is 3.87. The van der Waals surface area contributed by atoms with Crippen molar-refractivity contribution >= 4 is 39.8 Å². The van der Waals surface area contributed by atoms with E-state index in [1.807, 2.05) is 32.0 Å². The van der Waals surface area contributed by atoms with Gasteiger partial charge in [-0.25, -0.2) is 0 Å². The summed E-state index contributed by atoms with van der Waals surface area (Å²) in [5.74, 6) is -0.283. The molecule has 0 aliphatic carbocycles. The van der Waals surface area contributed by atoms with Crippen LogP contribution in [0.4, 0.5) is 0 Å². The Balaban J connectivity index is 2.18. The van der Waals surface area contributed by atoms with E-state index >= 15 is 0 Å². The number of benzene rings is 2. The smallest absolute Gasteiger partial charge is 0.175 e. The van der Waals surface area contributed by atoms with Gasteiger partial charge in [-0.15, -0.1) is 0 Å². The van der Waals surface area contributed by atoms with Gasteiger partial charge in [0.2, 0.25) is 0 Å². The summed E-state index contributed by atoms with van der Waals surface area (Å²) < 4.78 is 12.3. The molecule has 2 aromatic rings. The zero-order valence-electron chi connectivity index (χ0n) is 11.7. The van der Waals surface area contributed by atoms with E-state index in [9.17, 15) is 9.00 Å². The third-order valence-corrected chi connectivity index (χ3v) is 5.29. The number of hydrogen-bond acceptors (Lipinski definition) is 2. The van der Waals surface area contributed by atoms with Crippen LogP contribution in [0.25, 0.3) is 0 Å². The Labute approximate surface area is 136 Å². The lowest BCUT2D eigenvalue weighted by molar-refractivity contribution is 0.102. The molecule has 0 spiro atoms. The maximum Gasteiger partial charge on any atom is 0.175 e. The van der Waals surface area contributed by atoms with Crippen LogP contribution in [0.3, 0.4) is 0 Å². The minimum absolute atomic E-state index is 0.0676. The molecule has 0 radical (unpaired) electrons. The fraction of sp³-hybridized carbons (Fsp3) is 0.188. The Hall–Kier alpha value is -1.16. The number of carbonyl (C=O) groups excluding carboxylic acids is 1. The molecule has 0 bridgehead atoms. The highest BCUT2D eigenvalue weighted by Crippen LogP contribution is 2.23. The molecule has 5 heteroatoms. The maximum absolute atomic E-state index is 12.3. The quantitative estimate of drug-likeness (QED) is 0.762. The highest BCUT2D eigenvalue weighted by molar-refractivity contribution is 7.85. The normalized spacial score (nSPS) is 12.2. The van der Waals surface area contributed by atoms with Crippen LogP contribution in [0.15, 0.2) is 41.3 Å². The van der Waals surface area contributed by atoms with E-state index in [0.29, 0.717) is 20.5 Å². The lowest BCUT2D eigenvalue weighted by Gasteiger charge is -2.07. The summed E-state index contributed by atoms with van der Waals surface area (Å²) >= 11 is 11.7. The van der Waals surface area contributed by atoms with Crippen molar-refractivity contribution in [3.8, 4) is 0 Å². The summed E-state index contributed by atoms with van der Waals surface area (Å²) in [5, 5.41) is 0.712. The van der Waals surface area contributed by atoms with Crippen LogP contribution in [0.2, 0.25) is 10.0 Å². The molecule has 0 N–H and O–H groups in total. The van der Waals surface area contributed by atoms with Crippen molar-refractivity contribution in [2.75, 3.05) is 5.75 Å². The summed E-state index contributed by atoms with van der Waals surface area (Å²) in [4.78, 5) is 12.9. The largest absolute Gasteiger partial charge is 0.293 e. The minimum Gasteiger partial charge on any atom is -0.293 e. The molecule has 0 saturated heterocycles. The van der Waals surface area contributed by atoms with Crippen LogP contribution < -0.4 is 0 Å². The average molecular weight is 341 g/mol. The Kier molecular flexibility index (Phi) is 5.20. The van der Waals surface area contributed by atoms with Gasteiger partial charge in [-0.3, -0.25) is 9.00 Å². The van der Waals surface area contributed by atoms with E-state index < -0.39 is 10.8 Å². The lowest BCUT2D eigenvalue weighted by atomic mass is 10.1. The molecule has 2 nitrogen and oxygen atoms in total. The van der Waals surface area contributed by atoms with Crippen molar-refractivity contribution in [2.24, 2.45) is 0 Å². The van der Waals surface area contributed by atoms with Crippen molar-refractivity contribution in [1.29, 1.82) is 0 Å². The van der Waals surface area contributed by atoms with E-state index in [0.717, 1.165) is 11.1 Å². The monoisotopic (exact) mass is 340 g/mol. The third kappa shape index (κ3) is 3.94. The number of hydrogen-bond donors (Lipinski definition) is 0. The molecule has 2 rings (SSSR count). The predicted molar refractivity (Wildman–Crippen MR) is 88.0 cm³/mol. The summed E-state index contributed by atoms with van der Waals surface area (Å²) in [6, 6.07) is 10.3. The Morgan fingerprint density at radius 2 is 1.76 bits per heavy atom. The van der Waals surface area contributed by atoms with Crippen molar-refractivity contribution in [3.63, 3.8) is 0 Å². The van der Waals surface area contributed by atoms with Crippen LogP contribution in [-0.4, -0.2) is 15.7 Å². The Morgan fingerprint density at radius 3 is 2.38 bits per heavy atom. The van der Waals surface area contributed by atoms with Gasteiger partial charge in [-0.2, -0.15) is 0 Å². The van der Waals surface area contributed by atoms with Crippen LogP contribution in [-0.2, 0) is 10.8 Å². The molecule has 1 atom stereocenters. The molecular weight excluding hydrogens is 327 g/mol. The van der Waals surface area contributed by atoms with Gasteiger partial charge in [-0.05, 0) is 43.7 Å². The number of halogens is 2. The number of rotatable bonds is 4. The molecule has 1 unspecified atom stereocenters. The summed E-state index contributed by atoms with van der Waals surface area (Å²) in [7, 11) is -1.37. The van der Waals surface area contributed by atoms with Crippen molar-refractivity contribution in [2.45, 2.75) is 18.7 Å². The summed E-state index contributed by atoms with van der Waals surface area (Å²) in [6.07, 6.45) is 0. The number of carbonyl (C=O) groups is 1. The number of aryl methyl sites for hydroxylation is 2. The van der Waals surface area contributed by atoms with Gasteiger partial charge in [0.25, 0.3) is 0 Å². The van der Waals surface area contributed by atoms with E-state index in [1.54, 1.807) is 12.1 Å². The first-order chi connectivity index (χ1) is 9.88. The zero-order chi connectivity index (χ0) is 15.6. The molecular formula is C16H14Cl2O2S. The molecule has 0 heterocycles. The topological polar surface area (TPSA) is 34.1 Å². The van der Waals surface area contributed by atoms with E-state index in [-0.39, 0.29) is 11.5 Å². The standard InChI is InChI=1S/C16H14Cl2O2S/c1-10-3-6-16(11(2)7-10)21(20)9-15(19)12-4-5-13(17)14(18)8-12/h3-8H,9H2,1-2H3. The van der Waals surface area contributed by atoms with Crippen molar-refractivity contribution in [1.82, 2.24) is 0 Å². The minimum atomic E-state index is -1.37. The van der Waals surface area contributed by atoms with E-state index in [2.05, 4.69) is 0 Å². The Bertz CT molecular complexity index is 726. The van der Waals surface area contributed by atoms with Gasteiger partial charge in [0.05, 0.1) is 26.6 Å². The molecule has 110 valence electrons. The van der Waals surface area contributed by atoms with Gasteiger partial charge < -0.3 is 0 Å². The van der Waals surface area contributed by atoms with Gasteiger partial charge in [0.1, 0.15) is 0 Å². The van der Waals surface area contributed by atoms with E-state index in [4.69, 9.17) is 23.2 Å². The zero-order valence-corrected chi connectivity index (χ0v) is 14.0. The van der Waals surface area contributed by atoms with Gasteiger partial charge in [-0.1, -0.05) is 40.9 Å². The first-order valence-corrected chi connectivity index (χ1v) is 8.40. The maximum atomic E-state index is 12.3. The fourth-order valence-electron chi connectivity index (χ4n) is 2.00. The van der Waals surface area contributed by atoms with Crippen LogP contribution in [0.1, 0.15) is 21.5 Å². The highest BCUT2D eigenvalue weighted by atomic mass is 35.5. The number of ketones is 1. The third-order valence-electron chi connectivity index (χ3n) is 3.08. The van der Waals surface area contributed by atoms with Gasteiger partial charge >= 0.3 is 0 Å². The Morgan fingerprint density at radius 1 is 1.05 bits per heavy atom. The van der Waals surface area contributed by atoms with Crippen molar-refractivity contribution in [3.05, 3.63) is 63.1 Å². The fourth-order valence-corrected chi connectivity index (χ4v) is 3.50. The van der Waals surface area contributed by atoms with Crippen LogP contribution in [0.5, 0.6) is 0 Å². The van der Waals surface area contributed by atoms with Gasteiger partial charge in [0.15, 0.2) is 5.78 Å². The van der Waals surface area contributed by atoms with Crippen molar-refractivity contribution < 1.29 is 9.00 Å². The first-order valence-electron chi connectivity index (χ1n) is 6.32. The average Bonchev–Trinajstić information content (AvgIpc) is 2.41. The first kappa shape index (κ1) is 16.2. The molecule has 0 amide bonds. The second-order valence-corrected chi connectivity index (χ2v) is 7.04. The second kappa shape index (κ2) is 6.73. The van der Waals surface area contributed by atoms with Crippen LogP contribution >= 0.6 is 23.2 Å². The predicted octanol–water partition coefficient (Wildman–Crippen LogP) is 4.60. The molecule has 2 aromatic carbocycles. The summed E-state index contributed by atoms with van der Waals surface area (Å²) in [5.41, 5.74) is 2.45. The highest BCUT2D eigenvalue weighted by Gasteiger charge is 2.15. The van der Waals surface area contributed by atoms with Gasteiger partial charge in [0, 0.05) is 10.5 Å². The lowest BCUT2D eigenvalue weighted by Crippen LogP contribution is -2.12. The molecule has 21 heavy (non-hydrogen) atoms. The molecule has 0 fully saturated rings. The SMILES string of the molecule is Cc1ccc(S(=O)CC(=O)c2ccc(Cl)c(Cl)c2)c(C)c1. The molecule has 0 aromatic heterocycles. The van der Waals surface area contributed by atoms with Crippen LogP contribution in [0, 0.1) is 13.8 Å².